The molecule has 2 aromatic carbocycles. The highest BCUT2D eigenvalue weighted by Crippen LogP contribution is 2.63. The minimum Gasteiger partial charge on any atom is -0.425 e. The SMILES string of the molecule is CC1(C)C[C@@]1(CNC(=O)CCc1nnc(Cc2c[nH]c3ccccc23)o1)c1ccccc1. The predicted octanol–water partition coefficient (Wildman–Crippen LogP) is 4.56. The molecule has 0 spiro atoms. The van der Waals surface area contributed by atoms with Gasteiger partial charge in [0.05, 0.1) is 6.42 Å². The minimum atomic E-state index is 0.0133. The molecule has 5 rings (SSSR count). The Morgan fingerprint density at radius 1 is 1.06 bits per heavy atom. The lowest BCUT2D eigenvalue weighted by Gasteiger charge is -2.22. The first-order valence-corrected chi connectivity index (χ1v) is 11.2. The molecule has 6 heteroatoms. The first-order valence-electron chi connectivity index (χ1n) is 11.2. The summed E-state index contributed by atoms with van der Waals surface area (Å²) in [6.45, 7) is 5.18. The van der Waals surface area contributed by atoms with Crippen LogP contribution in [0.3, 0.4) is 0 Å². The molecule has 2 aromatic heterocycles. The van der Waals surface area contributed by atoms with Gasteiger partial charge in [-0.25, -0.2) is 0 Å². The van der Waals surface area contributed by atoms with E-state index in [9.17, 15) is 4.79 Å². The summed E-state index contributed by atoms with van der Waals surface area (Å²) in [5.74, 6) is 1.08. The fourth-order valence-corrected chi connectivity index (χ4v) is 4.82. The zero-order valence-electron chi connectivity index (χ0n) is 18.5. The van der Waals surface area contributed by atoms with Crippen LogP contribution in [0.15, 0.2) is 65.2 Å². The number of amides is 1. The summed E-state index contributed by atoms with van der Waals surface area (Å²) in [6, 6.07) is 18.6. The Hall–Kier alpha value is -3.41. The quantitative estimate of drug-likeness (QED) is 0.431. The van der Waals surface area contributed by atoms with Crippen molar-refractivity contribution in [3.63, 3.8) is 0 Å². The van der Waals surface area contributed by atoms with Crippen molar-refractivity contribution in [3.8, 4) is 0 Å². The summed E-state index contributed by atoms with van der Waals surface area (Å²) in [5.41, 5.74) is 3.70. The van der Waals surface area contributed by atoms with E-state index in [2.05, 4.69) is 64.7 Å². The number of nitrogens with one attached hydrogen (secondary N) is 2. The molecule has 1 aliphatic rings. The van der Waals surface area contributed by atoms with Crippen LogP contribution in [0.1, 0.15) is 49.6 Å². The highest BCUT2D eigenvalue weighted by molar-refractivity contribution is 5.83. The van der Waals surface area contributed by atoms with Gasteiger partial charge in [-0.15, -0.1) is 10.2 Å². The number of para-hydroxylation sites is 1. The third-order valence-corrected chi connectivity index (χ3v) is 6.92. The zero-order chi connectivity index (χ0) is 22.2. The maximum atomic E-state index is 12.5. The maximum absolute atomic E-state index is 12.5. The van der Waals surface area contributed by atoms with Crippen LogP contribution in [0.5, 0.6) is 0 Å². The Labute approximate surface area is 187 Å². The van der Waals surface area contributed by atoms with Crippen molar-refractivity contribution in [2.24, 2.45) is 5.41 Å². The lowest BCUT2D eigenvalue weighted by Crippen LogP contribution is -2.34. The van der Waals surface area contributed by atoms with Gasteiger partial charge in [0.1, 0.15) is 0 Å². The van der Waals surface area contributed by atoms with Crippen molar-refractivity contribution >= 4 is 16.8 Å². The summed E-state index contributed by atoms with van der Waals surface area (Å²) >= 11 is 0. The highest BCUT2D eigenvalue weighted by atomic mass is 16.4. The molecule has 1 saturated carbocycles. The van der Waals surface area contributed by atoms with Gasteiger partial charge in [-0.2, -0.15) is 0 Å². The summed E-state index contributed by atoms with van der Waals surface area (Å²) in [4.78, 5) is 15.8. The normalized spacial score (nSPS) is 19.2. The van der Waals surface area contributed by atoms with Gasteiger partial charge in [0.15, 0.2) is 0 Å². The Bertz CT molecular complexity index is 1240. The Kier molecular flexibility index (Phi) is 5.08. The fraction of sp³-hybridized carbons (Fsp3) is 0.346. The standard InChI is InChI=1S/C26H28N4O2/c1-25(2)16-26(25,19-8-4-3-5-9-19)17-28-22(31)12-13-23-29-30-24(32-23)14-18-15-27-21-11-7-6-10-20(18)21/h3-11,15,27H,12-14,16-17H2,1-2H3,(H,28,31)/t26-/m1/s1. The molecule has 1 atom stereocenters. The molecule has 0 saturated heterocycles. The van der Waals surface area contributed by atoms with Gasteiger partial charge in [0.2, 0.25) is 17.7 Å². The van der Waals surface area contributed by atoms with Gasteiger partial charge in [0, 0.05) is 41.9 Å². The molecule has 1 amide bonds. The smallest absolute Gasteiger partial charge is 0.221 e. The molecule has 4 aromatic rings. The number of rotatable bonds is 8. The number of aromatic nitrogens is 3. The molecule has 0 unspecified atom stereocenters. The predicted molar refractivity (Wildman–Crippen MR) is 123 cm³/mol. The molecular formula is C26H28N4O2. The van der Waals surface area contributed by atoms with Crippen LogP contribution in [0.25, 0.3) is 10.9 Å². The maximum Gasteiger partial charge on any atom is 0.221 e. The van der Waals surface area contributed by atoms with Gasteiger partial charge < -0.3 is 14.7 Å². The molecule has 164 valence electrons. The van der Waals surface area contributed by atoms with Crippen molar-refractivity contribution in [2.45, 2.75) is 44.9 Å². The van der Waals surface area contributed by atoms with Crippen molar-refractivity contribution in [1.29, 1.82) is 0 Å². The van der Waals surface area contributed by atoms with E-state index in [1.165, 1.54) is 5.56 Å². The van der Waals surface area contributed by atoms with Crippen LogP contribution >= 0.6 is 0 Å². The molecule has 6 nitrogen and oxygen atoms in total. The second kappa shape index (κ2) is 7.93. The zero-order valence-corrected chi connectivity index (χ0v) is 18.5. The monoisotopic (exact) mass is 428 g/mol. The van der Waals surface area contributed by atoms with E-state index in [4.69, 9.17) is 4.42 Å². The average molecular weight is 429 g/mol. The van der Waals surface area contributed by atoms with Crippen LogP contribution in [-0.2, 0) is 23.1 Å². The number of benzene rings is 2. The number of fused-ring (bicyclic) bond motifs is 1. The Morgan fingerprint density at radius 3 is 2.56 bits per heavy atom. The molecule has 0 bridgehead atoms. The molecule has 0 radical (unpaired) electrons. The molecule has 1 fully saturated rings. The fourth-order valence-electron chi connectivity index (χ4n) is 4.82. The Balaban J connectivity index is 1.15. The van der Waals surface area contributed by atoms with Gasteiger partial charge >= 0.3 is 0 Å². The molecule has 0 aliphatic heterocycles. The third-order valence-electron chi connectivity index (χ3n) is 6.92. The topological polar surface area (TPSA) is 83.8 Å². The van der Waals surface area contributed by atoms with Crippen LogP contribution in [0, 0.1) is 5.41 Å². The summed E-state index contributed by atoms with van der Waals surface area (Å²) < 4.78 is 5.80. The van der Waals surface area contributed by atoms with E-state index >= 15 is 0 Å². The Morgan fingerprint density at radius 2 is 1.78 bits per heavy atom. The number of aromatic amines is 1. The molecule has 2 N–H and O–H groups in total. The van der Waals surface area contributed by atoms with E-state index in [-0.39, 0.29) is 16.7 Å². The summed E-state index contributed by atoms with van der Waals surface area (Å²) in [6.07, 6.45) is 4.39. The molecule has 32 heavy (non-hydrogen) atoms. The largest absolute Gasteiger partial charge is 0.425 e. The van der Waals surface area contributed by atoms with Crippen molar-refractivity contribution < 1.29 is 9.21 Å². The number of hydrogen-bond acceptors (Lipinski definition) is 4. The number of carbonyl (C=O) groups is 1. The second-order valence-electron chi connectivity index (χ2n) is 9.41. The molecular weight excluding hydrogens is 400 g/mol. The summed E-state index contributed by atoms with van der Waals surface area (Å²) in [7, 11) is 0. The van der Waals surface area contributed by atoms with Crippen LogP contribution < -0.4 is 5.32 Å². The number of nitrogens with zero attached hydrogens (tertiary/aromatic N) is 2. The average Bonchev–Trinajstić information content (AvgIpc) is 3.14. The van der Waals surface area contributed by atoms with Gasteiger partial charge in [0.25, 0.3) is 0 Å². The number of aryl methyl sites for hydroxylation is 1. The van der Waals surface area contributed by atoms with Gasteiger partial charge in [-0.1, -0.05) is 62.4 Å². The van der Waals surface area contributed by atoms with Crippen molar-refractivity contribution in [1.82, 2.24) is 20.5 Å². The van der Waals surface area contributed by atoms with Gasteiger partial charge in [-0.3, -0.25) is 4.79 Å². The summed E-state index contributed by atoms with van der Waals surface area (Å²) in [5, 5.41) is 12.6. The third kappa shape index (κ3) is 3.81. The number of carbonyl (C=O) groups excluding carboxylic acids is 1. The van der Waals surface area contributed by atoms with E-state index in [0.29, 0.717) is 37.6 Å². The lowest BCUT2D eigenvalue weighted by molar-refractivity contribution is -0.121. The highest BCUT2D eigenvalue weighted by Gasteiger charge is 2.61. The number of hydrogen-bond donors (Lipinski definition) is 2. The van der Waals surface area contributed by atoms with Gasteiger partial charge in [-0.05, 0) is 29.0 Å². The minimum absolute atomic E-state index is 0.0133. The van der Waals surface area contributed by atoms with E-state index in [1.807, 2.05) is 30.5 Å². The second-order valence-corrected chi connectivity index (χ2v) is 9.41. The van der Waals surface area contributed by atoms with Crippen molar-refractivity contribution in [2.75, 3.05) is 6.54 Å². The first-order chi connectivity index (χ1) is 15.5. The number of H-pyrrole nitrogens is 1. The molecule has 1 aliphatic carbocycles. The lowest BCUT2D eigenvalue weighted by atomic mass is 9.88. The van der Waals surface area contributed by atoms with Crippen LogP contribution in [0.2, 0.25) is 0 Å². The molecule has 2 heterocycles. The van der Waals surface area contributed by atoms with Crippen molar-refractivity contribution in [3.05, 3.63) is 83.7 Å². The first kappa shape index (κ1) is 20.5. The van der Waals surface area contributed by atoms with Crippen LogP contribution in [0.4, 0.5) is 0 Å². The van der Waals surface area contributed by atoms with E-state index in [1.54, 1.807) is 0 Å². The van der Waals surface area contributed by atoms with Crippen LogP contribution in [-0.4, -0.2) is 27.6 Å². The van der Waals surface area contributed by atoms with E-state index < -0.39 is 0 Å². The van der Waals surface area contributed by atoms with E-state index in [0.717, 1.165) is 22.9 Å².